The summed E-state index contributed by atoms with van der Waals surface area (Å²) in [6.07, 6.45) is 1.76. The molecule has 0 aromatic carbocycles. The lowest BCUT2D eigenvalue weighted by atomic mass is 10.3. The number of aliphatic hydroxyl groups excluding tert-OH is 1. The van der Waals surface area contributed by atoms with Crippen molar-refractivity contribution in [1.82, 2.24) is 0 Å². The number of ether oxygens (including phenoxy) is 1. The summed E-state index contributed by atoms with van der Waals surface area (Å²) in [5, 5.41) is 8.16. The Morgan fingerprint density at radius 2 is 1.73 bits per heavy atom. The molecule has 0 fully saturated rings. The molecule has 0 spiro atoms. The Hall–Kier alpha value is -0.340. The second-order valence-electron chi connectivity index (χ2n) is 2.25. The van der Waals surface area contributed by atoms with Gasteiger partial charge in [-0.05, 0) is 27.7 Å². The molecule has 0 radical (unpaired) electrons. The third-order valence-electron chi connectivity index (χ3n) is 0.908. The third kappa shape index (κ3) is 26.1. The van der Waals surface area contributed by atoms with E-state index in [1.165, 1.54) is 0 Å². The van der Waals surface area contributed by atoms with E-state index in [4.69, 9.17) is 9.84 Å². The highest BCUT2D eigenvalue weighted by Crippen LogP contribution is 1.83. The van der Waals surface area contributed by atoms with E-state index >= 15 is 0 Å². The van der Waals surface area contributed by atoms with Gasteiger partial charge in [0.15, 0.2) is 0 Å². The van der Waals surface area contributed by atoms with Crippen molar-refractivity contribution < 1.29 is 9.84 Å². The van der Waals surface area contributed by atoms with Crippen molar-refractivity contribution in [3.63, 3.8) is 0 Å². The summed E-state index contributed by atoms with van der Waals surface area (Å²) in [6, 6.07) is 0. The van der Waals surface area contributed by atoms with E-state index in [0.717, 1.165) is 18.8 Å². The summed E-state index contributed by atoms with van der Waals surface area (Å²) in [5.74, 6) is 0. The van der Waals surface area contributed by atoms with Crippen molar-refractivity contribution in [1.29, 1.82) is 0 Å². The quantitative estimate of drug-likeness (QED) is 0.640. The second kappa shape index (κ2) is 12.3. The molecule has 68 valence electrons. The molecule has 2 heteroatoms. The molecule has 0 aromatic heterocycles. The lowest BCUT2D eigenvalue weighted by molar-refractivity contribution is 0.162. The molecule has 0 rings (SSSR count). The van der Waals surface area contributed by atoms with E-state index in [1.807, 2.05) is 27.7 Å². The second-order valence-corrected chi connectivity index (χ2v) is 2.25. The van der Waals surface area contributed by atoms with Crippen LogP contribution in [0.5, 0.6) is 0 Å². The van der Waals surface area contributed by atoms with Crippen molar-refractivity contribution >= 4 is 0 Å². The van der Waals surface area contributed by atoms with E-state index in [-0.39, 0.29) is 6.61 Å². The van der Waals surface area contributed by atoms with Crippen LogP contribution in [0.25, 0.3) is 0 Å². The highest BCUT2D eigenvalue weighted by molar-refractivity contribution is 4.91. The number of allylic oxidation sites excluding steroid dienone is 1. The van der Waals surface area contributed by atoms with Crippen molar-refractivity contribution in [2.24, 2.45) is 0 Å². The molecule has 0 bridgehead atoms. The SMILES string of the molecule is CC(C)=CCO.CCOCC. The number of hydrogen-bond acceptors (Lipinski definition) is 2. The fourth-order valence-electron chi connectivity index (χ4n) is 0.387. The van der Waals surface area contributed by atoms with Gasteiger partial charge in [-0.15, -0.1) is 0 Å². The van der Waals surface area contributed by atoms with Crippen LogP contribution in [-0.2, 0) is 4.74 Å². The van der Waals surface area contributed by atoms with Crippen LogP contribution in [0, 0.1) is 0 Å². The standard InChI is InChI=1S/C5H10O.C4H10O/c1-5(2)3-4-6;1-3-5-4-2/h3,6H,4H2,1-2H3;3-4H2,1-2H3. The van der Waals surface area contributed by atoms with Crippen LogP contribution in [0.1, 0.15) is 27.7 Å². The largest absolute Gasteiger partial charge is 0.392 e. The normalized spacial score (nSPS) is 8.09. The molecule has 0 aliphatic carbocycles. The summed E-state index contributed by atoms with van der Waals surface area (Å²) < 4.78 is 4.83. The van der Waals surface area contributed by atoms with Crippen molar-refractivity contribution in [2.75, 3.05) is 19.8 Å². The fourth-order valence-corrected chi connectivity index (χ4v) is 0.387. The van der Waals surface area contributed by atoms with Crippen molar-refractivity contribution in [3.8, 4) is 0 Å². The average molecular weight is 160 g/mol. The van der Waals surface area contributed by atoms with Gasteiger partial charge < -0.3 is 9.84 Å². The Morgan fingerprint density at radius 3 is 1.73 bits per heavy atom. The Morgan fingerprint density at radius 1 is 1.27 bits per heavy atom. The van der Waals surface area contributed by atoms with Gasteiger partial charge in [-0.3, -0.25) is 0 Å². The van der Waals surface area contributed by atoms with Gasteiger partial charge in [-0.1, -0.05) is 11.6 Å². The molecule has 11 heavy (non-hydrogen) atoms. The highest BCUT2D eigenvalue weighted by atomic mass is 16.5. The minimum absolute atomic E-state index is 0.169. The van der Waals surface area contributed by atoms with Gasteiger partial charge in [-0.25, -0.2) is 0 Å². The molecule has 0 aliphatic rings. The van der Waals surface area contributed by atoms with E-state index in [9.17, 15) is 0 Å². The molecule has 0 heterocycles. The monoisotopic (exact) mass is 160 g/mol. The zero-order valence-corrected chi connectivity index (χ0v) is 8.05. The van der Waals surface area contributed by atoms with Gasteiger partial charge in [0.1, 0.15) is 0 Å². The van der Waals surface area contributed by atoms with E-state index in [2.05, 4.69) is 0 Å². The third-order valence-corrected chi connectivity index (χ3v) is 0.908. The molecule has 0 saturated carbocycles. The van der Waals surface area contributed by atoms with Gasteiger partial charge in [0, 0.05) is 13.2 Å². The van der Waals surface area contributed by atoms with Crippen LogP contribution in [0.4, 0.5) is 0 Å². The molecule has 0 atom stereocenters. The number of aliphatic hydroxyl groups is 1. The first kappa shape index (κ1) is 13.3. The Labute approximate surface area is 69.9 Å². The molecule has 1 N–H and O–H groups in total. The predicted molar refractivity (Wildman–Crippen MR) is 48.7 cm³/mol. The molecule has 0 saturated heterocycles. The first-order valence-corrected chi connectivity index (χ1v) is 4.00. The average Bonchev–Trinajstić information content (AvgIpc) is 1.90. The van der Waals surface area contributed by atoms with Crippen LogP contribution >= 0.6 is 0 Å². The molecule has 0 aromatic rings. The van der Waals surface area contributed by atoms with E-state index in [1.54, 1.807) is 6.08 Å². The van der Waals surface area contributed by atoms with E-state index in [0.29, 0.717) is 0 Å². The van der Waals surface area contributed by atoms with Gasteiger partial charge >= 0.3 is 0 Å². The first-order chi connectivity index (χ1) is 5.18. The maximum Gasteiger partial charge on any atom is 0.0614 e. The predicted octanol–water partition coefficient (Wildman–Crippen LogP) is 1.99. The topological polar surface area (TPSA) is 29.5 Å². The zero-order valence-electron chi connectivity index (χ0n) is 8.05. The summed E-state index contributed by atoms with van der Waals surface area (Å²) in [5.41, 5.74) is 1.16. The maximum absolute atomic E-state index is 8.16. The molecule has 0 aliphatic heterocycles. The van der Waals surface area contributed by atoms with Gasteiger partial charge in [-0.2, -0.15) is 0 Å². The zero-order chi connectivity index (χ0) is 9.11. The van der Waals surface area contributed by atoms with Gasteiger partial charge in [0.2, 0.25) is 0 Å². The van der Waals surface area contributed by atoms with Crippen molar-refractivity contribution in [2.45, 2.75) is 27.7 Å². The van der Waals surface area contributed by atoms with Gasteiger partial charge in [0.25, 0.3) is 0 Å². The fraction of sp³-hybridized carbons (Fsp3) is 0.778. The van der Waals surface area contributed by atoms with E-state index < -0.39 is 0 Å². The van der Waals surface area contributed by atoms with Gasteiger partial charge in [0.05, 0.1) is 6.61 Å². The van der Waals surface area contributed by atoms with Crippen LogP contribution in [-0.4, -0.2) is 24.9 Å². The summed E-state index contributed by atoms with van der Waals surface area (Å²) in [4.78, 5) is 0. The molecule has 0 amide bonds. The molecular weight excluding hydrogens is 140 g/mol. The van der Waals surface area contributed by atoms with Crippen molar-refractivity contribution in [3.05, 3.63) is 11.6 Å². The van der Waals surface area contributed by atoms with Crippen LogP contribution in [0.3, 0.4) is 0 Å². The summed E-state index contributed by atoms with van der Waals surface area (Å²) in [7, 11) is 0. The summed E-state index contributed by atoms with van der Waals surface area (Å²) in [6.45, 7) is 9.74. The molecular formula is C9H20O2. The minimum Gasteiger partial charge on any atom is -0.392 e. The summed E-state index contributed by atoms with van der Waals surface area (Å²) >= 11 is 0. The van der Waals surface area contributed by atoms with Crippen LogP contribution in [0.2, 0.25) is 0 Å². The van der Waals surface area contributed by atoms with Crippen LogP contribution < -0.4 is 0 Å². The number of hydrogen-bond donors (Lipinski definition) is 1. The highest BCUT2D eigenvalue weighted by Gasteiger charge is 1.68. The van der Waals surface area contributed by atoms with Crippen LogP contribution in [0.15, 0.2) is 11.6 Å². The minimum atomic E-state index is 0.169. The number of rotatable bonds is 3. The Kier molecular flexibility index (Phi) is 14.9. The lowest BCUT2D eigenvalue weighted by Crippen LogP contribution is -1.84. The maximum atomic E-state index is 8.16. The molecule has 0 unspecified atom stereocenters. The molecule has 2 nitrogen and oxygen atoms in total. The lowest BCUT2D eigenvalue weighted by Gasteiger charge is -1.86. The Bertz CT molecular complexity index is 81.6. The first-order valence-electron chi connectivity index (χ1n) is 4.00. The Balaban J connectivity index is 0. The smallest absolute Gasteiger partial charge is 0.0614 e.